The van der Waals surface area contributed by atoms with Gasteiger partial charge in [-0.1, -0.05) is 0 Å². The van der Waals surface area contributed by atoms with E-state index >= 15 is 0 Å². The van der Waals surface area contributed by atoms with E-state index in [1.165, 1.54) is 4.88 Å². The van der Waals surface area contributed by atoms with E-state index in [9.17, 15) is 0 Å². The van der Waals surface area contributed by atoms with Gasteiger partial charge >= 0.3 is 0 Å². The van der Waals surface area contributed by atoms with Gasteiger partial charge in [-0.3, -0.25) is 4.68 Å². The number of aromatic nitrogens is 3. The molecule has 86 valence electrons. The molecule has 0 aliphatic carbocycles. The first-order chi connectivity index (χ1) is 7.75. The highest BCUT2D eigenvalue weighted by atomic mass is 32.1. The van der Waals surface area contributed by atoms with Gasteiger partial charge in [-0.25, -0.2) is 4.98 Å². The molecule has 3 N–H and O–H groups in total. The van der Waals surface area contributed by atoms with Gasteiger partial charge in [-0.05, 0) is 11.4 Å². The fourth-order valence-electron chi connectivity index (χ4n) is 1.39. The number of nitrogens with one attached hydrogen (secondary N) is 1. The molecule has 0 unspecified atom stereocenters. The molecule has 0 aliphatic heterocycles. The molecule has 6 heteroatoms. The van der Waals surface area contributed by atoms with Crippen molar-refractivity contribution >= 4 is 17.0 Å². The summed E-state index contributed by atoms with van der Waals surface area (Å²) >= 11 is 1.68. The summed E-state index contributed by atoms with van der Waals surface area (Å²) in [7, 11) is 1.87. The predicted octanol–water partition coefficient (Wildman–Crippen LogP) is 0.791. The lowest BCUT2D eigenvalue weighted by molar-refractivity contribution is 0.666. The number of thiophene rings is 1. The third-order valence-corrected chi connectivity index (χ3v) is 3.17. The first kappa shape index (κ1) is 11.1. The number of nitrogen functional groups attached to an aromatic ring is 1. The first-order valence-corrected chi connectivity index (χ1v) is 6.01. The van der Waals surface area contributed by atoms with Crippen LogP contribution in [0.2, 0.25) is 0 Å². The number of aryl methyl sites for hydroxylation is 1. The summed E-state index contributed by atoms with van der Waals surface area (Å²) in [5.74, 6) is 0.870. The number of hydrogen-bond acceptors (Lipinski definition) is 5. The molecule has 0 spiro atoms. The molecule has 0 radical (unpaired) electrons. The molecule has 0 bridgehead atoms. The molecule has 2 rings (SSSR count). The van der Waals surface area contributed by atoms with Gasteiger partial charge in [0.2, 0.25) is 0 Å². The molecule has 0 atom stereocenters. The zero-order valence-electron chi connectivity index (χ0n) is 9.18. The summed E-state index contributed by atoms with van der Waals surface area (Å²) in [6.07, 6.45) is 2.55. The van der Waals surface area contributed by atoms with Crippen molar-refractivity contribution in [3.63, 3.8) is 0 Å². The largest absolute Gasteiger partial charge is 0.398 e. The second-order valence-electron chi connectivity index (χ2n) is 3.56. The Hall–Kier alpha value is -1.40. The first-order valence-electron chi connectivity index (χ1n) is 5.13. The van der Waals surface area contributed by atoms with Gasteiger partial charge in [0.15, 0.2) is 5.82 Å². The topological polar surface area (TPSA) is 68.8 Å². The van der Waals surface area contributed by atoms with Crippen molar-refractivity contribution in [1.29, 1.82) is 0 Å². The van der Waals surface area contributed by atoms with Crippen molar-refractivity contribution in [2.75, 3.05) is 12.3 Å². The lowest BCUT2D eigenvalue weighted by Gasteiger charge is -2.01. The molecule has 0 fully saturated rings. The van der Waals surface area contributed by atoms with Crippen LogP contribution in [0.25, 0.3) is 0 Å². The Balaban J connectivity index is 1.71. The smallest absolute Gasteiger partial charge is 0.151 e. The quantitative estimate of drug-likeness (QED) is 0.754. The van der Waals surface area contributed by atoms with Crippen LogP contribution in [0, 0.1) is 0 Å². The molecule has 0 aliphatic rings. The Morgan fingerprint density at radius 1 is 1.56 bits per heavy atom. The maximum atomic E-state index is 5.78. The minimum absolute atomic E-state index is 0.816. The van der Waals surface area contributed by atoms with E-state index in [0.717, 1.165) is 31.0 Å². The number of nitrogens with zero attached hydrogens (tertiary/aromatic N) is 3. The Morgan fingerprint density at radius 3 is 3.06 bits per heavy atom. The summed E-state index contributed by atoms with van der Waals surface area (Å²) in [4.78, 5) is 5.35. The summed E-state index contributed by atoms with van der Waals surface area (Å²) < 4.78 is 1.71. The number of rotatable bonds is 5. The van der Waals surface area contributed by atoms with Crippen molar-refractivity contribution in [3.05, 3.63) is 28.5 Å². The zero-order chi connectivity index (χ0) is 11.4. The van der Waals surface area contributed by atoms with Gasteiger partial charge in [0, 0.05) is 37.1 Å². The lowest BCUT2D eigenvalue weighted by atomic mass is 10.3. The maximum Gasteiger partial charge on any atom is 0.151 e. The van der Waals surface area contributed by atoms with Crippen LogP contribution in [0.15, 0.2) is 17.8 Å². The molecular formula is C10H15N5S. The minimum atomic E-state index is 0.816. The molecule has 5 nitrogen and oxygen atoms in total. The summed E-state index contributed by atoms with van der Waals surface area (Å²) in [5, 5.41) is 9.54. The average molecular weight is 237 g/mol. The van der Waals surface area contributed by atoms with E-state index in [2.05, 4.69) is 15.4 Å². The SMILES string of the molecule is Cn1cnc(CCNCc2sccc2N)n1. The average Bonchev–Trinajstić information content (AvgIpc) is 2.83. The van der Waals surface area contributed by atoms with E-state index in [1.807, 2.05) is 18.5 Å². The lowest BCUT2D eigenvalue weighted by Crippen LogP contribution is -2.17. The van der Waals surface area contributed by atoms with Gasteiger partial charge < -0.3 is 11.1 Å². The van der Waals surface area contributed by atoms with Crippen molar-refractivity contribution in [2.24, 2.45) is 7.05 Å². The summed E-state index contributed by atoms with van der Waals surface area (Å²) in [6.45, 7) is 1.68. The highest BCUT2D eigenvalue weighted by Gasteiger charge is 2.01. The molecule has 2 aromatic heterocycles. The van der Waals surface area contributed by atoms with Crippen molar-refractivity contribution in [1.82, 2.24) is 20.1 Å². The summed E-state index contributed by atoms with van der Waals surface area (Å²) in [5.41, 5.74) is 6.65. The van der Waals surface area contributed by atoms with E-state index in [0.29, 0.717) is 0 Å². The van der Waals surface area contributed by atoms with Crippen molar-refractivity contribution in [2.45, 2.75) is 13.0 Å². The second kappa shape index (κ2) is 5.09. The van der Waals surface area contributed by atoms with E-state index in [-0.39, 0.29) is 0 Å². The van der Waals surface area contributed by atoms with Gasteiger partial charge in [-0.2, -0.15) is 5.10 Å². The van der Waals surface area contributed by atoms with Gasteiger partial charge in [-0.15, -0.1) is 11.3 Å². The Bertz CT molecular complexity index is 448. The number of nitrogens with two attached hydrogens (primary N) is 1. The molecular weight excluding hydrogens is 222 g/mol. The molecule has 2 heterocycles. The van der Waals surface area contributed by atoms with Crippen LogP contribution in [0.1, 0.15) is 10.7 Å². The van der Waals surface area contributed by atoms with Crippen LogP contribution >= 0.6 is 11.3 Å². The van der Waals surface area contributed by atoms with E-state index < -0.39 is 0 Å². The Labute approximate surface area is 98.3 Å². The summed E-state index contributed by atoms with van der Waals surface area (Å²) in [6, 6.07) is 1.93. The molecule has 2 aromatic rings. The van der Waals surface area contributed by atoms with Crippen LogP contribution in [0.3, 0.4) is 0 Å². The zero-order valence-corrected chi connectivity index (χ0v) is 10.00. The van der Waals surface area contributed by atoms with Crippen molar-refractivity contribution < 1.29 is 0 Å². The number of anilines is 1. The van der Waals surface area contributed by atoms with Gasteiger partial charge in [0.1, 0.15) is 6.33 Å². The second-order valence-corrected chi connectivity index (χ2v) is 4.56. The normalized spacial score (nSPS) is 10.8. The van der Waals surface area contributed by atoms with Crippen LogP contribution < -0.4 is 11.1 Å². The Kier molecular flexibility index (Phi) is 3.53. The van der Waals surface area contributed by atoms with Crippen molar-refractivity contribution in [3.8, 4) is 0 Å². The van der Waals surface area contributed by atoms with Crippen LogP contribution in [0.5, 0.6) is 0 Å². The minimum Gasteiger partial charge on any atom is -0.398 e. The maximum absolute atomic E-state index is 5.78. The molecule has 16 heavy (non-hydrogen) atoms. The fraction of sp³-hybridized carbons (Fsp3) is 0.400. The third kappa shape index (κ3) is 2.80. The highest BCUT2D eigenvalue weighted by Crippen LogP contribution is 2.17. The van der Waals surface area contributed by atoms with Crippen LogP contribution in [0.4, 0.5) is 5.69 Å². The van der Waals surface area contributed by atoms with E-state index in [1.54, 1.807) is 22.3 Å². The molecule has 0 saturated heterocycles. The third-order valence-electron chi connectivity index (χ3n) is 2.24. The Morgan fingerprint density at radius 2 is 2.44 bits per heavy atom. The van der Waals surface area contributed by atoms with Crippen LogP contribution in [-0.4, -0.2) is 21.3 Å². The molecule has 0 amide bonds. The van der Waals surface area contributed by atoms with Gasteiger partial charge in [0.25, 0.3) is 0 Å². The van der Waals surface area contributed by atoms with E-state index in [4.69, 9.17) is 5.73 Å². The highest BCUT2D eigenvalue weighted by molar-refractivity contribution is 7.10. The number of hydrogen-bond donors (Lipinski definition) is 2. The standard InChI is InChI=1S/C10H15N5S/c1-15-7-13-10(14-15)2-4-12-6-9-8(11)3-5-16-9/h3,5,7,12H,2,4,6,11H2,1H3. The van der Waals surface area contributed by atoms with Gasteiger partial charge in [0.05, 0.1) is 0 Å². The molecule has 0 saturated carbocycles. The molecule has 0 aromatic carbocycles. The predicted molar refractivity (Wildman–Crippen MR) is 65.1 cm³/mol. The monoisotopic (exact) mass is 237 g/mol. The fourth-order valence-corrected chi connectivity index (χ4v) is 2.16. The van der Waals surface area contributed by atoms with Crippen LogP contribution in [-0.2, 0) is 20.0 Å².